The molecule has 0 bridgehead atoms. The van der Waals surface area contributed by atoms with Crippen LogP contribution in [-0.4, -0.2) is 15.7 Å². The van der Waals surface area contributed by atoms with Gasteiger partial charge in [0, 0.05) is 12.5 Å². The summed E-state index contributed by atoms with van der Waals surface area (Å²) in [5, 5.41) is 7.27. The van der Waals surface area contributed by atoms with Gasteiger partial charge in [-0.25, -0.2) is 4.68 Å². The van der Waals surface area contributed by atoms with Crippen LogP contribution in [0.5, 0.6) is 0 Å². The van der Waals surface area contributed by atoms with Crippen molar-refractivity contribution in [3.05, 3.63) is 83.6 Å². The van der Waals surface area contributed by atoms with E-state index in [-0.39, 0.29) is 5.91 Å². The Morgan fingerprint density at radius 2 is 1.83 bits per heavy atom. The van der Waals surface area contributed by atoms with Crippen LogP contribution < -0.4 is 5.32 Å². The van der Waals surface area contributed by atoms with Crippen molar-refractivity contribution in [2.24, 2.45) is 0 Å². The van der Waals surface area contributed by atoms with Crippen molar-refractivity contribution in [2.45, 2.75) is 26.3 Å². The van der Waals surface area contributed by atoms with E-state index >= 15 is 0 Å². The molecule has 24 heavy (non-hydrogen) atoms. The summed E-state index contributed by atoms with van der Waals surface area (Å²) in [7, 11) is 0. The molecule has 122 valence electrons. The maximum atomic E-state index is 12.2. The highest BCUT2D eigenvalue weighted by Crippen LogP contribution is 2.12. The zero-order chi connectivity index (χ0) is 16.8. The summed E-state index contributed by atoms with van der Waals surface area (Å²) in [5.74, 6) is 0.736. The lowest BCUT2D eigenvalue weighted by atomic mass is 10.1. The molecule has 1 heterocycles. The first kappa shape index (κ1) is 16.0. The predicted octanol–water partition coefficient (Wildman–Crippen LogP) is 3.81. The number of carbonyl (C=O) groups is 1. The molecule has 1 aromatic heterocycles. The molecule has 2 aromatic carbocycles. The first-order valence-electron chi connectivity index (χ1n) is 8.12. The van der Waals surface area contributed by atoms with Crippen LogP contribution in [0.4, 0.5) is 5.82 Å². The minimum atomic E-state index is 0.00449. The lowest BCUT2D eigenvalue weighted by Crippen LogP contribution is -2.16. The Morgan fingerprint density at radius 1 is 1.04 bits per heavy atom. The third-order valence-corrected chi connectivity index (χ3v) is 3.88. The molecule has 3 aromatic rings. The van der Waals surface area contributed by atoms with Crippen molar-refractivity contribution in [1.29, 1.82) is 0 Å². The lowest BCUT2D eigenvalue weighted by molar-refractivity contribution is -0.116. The topological polar surface area (TPSA) is 46.9 Å². The van der Waals surface area contributed by atoms with Crippen molar-refractivity contribution < 1.29 is 4.79 Å². The maximum absolute atomic E-state index is 12.2. The van der Waals surface area contributed by atoms with Crippen LogP contribution in [0.15, 0.2) is 66.9 Å². The maximum Gasteiger partial charge on any atom is 0.225 e. The number of nitrogens with zero attached hydrogens (tertiary/aromatic N) is 2. The minimum absolute atomic E-state index is 0.00449. The largest absolute Gasteiger partial charge is 0.311 e. The Morgan fingerprint density at radius 3 is 2.62 bits per heavy atom. The van der Waals surface area contributed by atoms with Crippen molar-refractivity contribution in [3.8, 4) is 0 Å². The van der Waals surface area contributed by atoms with E-state index in [4.69, 9.17) is 0 Å². The lowest BCUT2D eigenvalue weighted by Gasteiger charge is -2.10. The summed E-state index contributed by atoms with van der Waals surface area (Å²) < 4.78 is 1.81. The van der Waals surface area contributed by atoms with Gasteiger partial charge in [0.05, 0.1) is 12.7 Å². The Hall–Kier alpha value is -2.88. The number of amides is 1. The summed E-state index contributed by atoms with van der Waals surface area (Å²) in [6.45, 7) is 2.71. The fourth-order valence-electron chi connectivity index (χ4n) is 2.66. The molecule has 1 N–H and O–H groups in total. The molecule has 0 radical (unpaired) electrons. The van der Waals surface area contributed by atoms with Crippen LogP contribution in [0.2, 0.25) is 0 Å². The monoisotopic (exact) mass is 319 g/mol. The first-order chi connectivity index (χ1) is 11.7. The zero-order valence-corrected chi connectivity index (χ0v) is 13.8. The normalized spacial score (nSPS) is 10.5. The average molecular weight is 319 g/mol. The van der Waals surface area contributed by atoms with Crippen LogP contribution in [0, 0.1) is 6.92 Å². The molecule has 0 fully saturated rings. The van der Waals surface area contributed by atoms with E-state index in [0.29, 0.717) is 13.0 Å². The second-order valence-electron chi connectivity index (χ2n) is 5.90. The molecule has 0 saturated heterocycles. The fraction of sp³-hybridized carbons (Fsp3) is 0.200. The number of carbonyl (C=O) groups excluding carboxylic acids is 1. The van der Waals surface area contributed by atoms with E-state index in [0.717, 1.165) is 12.2 Å². The molecule has 4 nitrogen and oxygen atoms in total. The molecule has 0 aliphatic heterocycles. The van der Waals surface area contributed by atoms with Gasteiger partial charge in [0.2, 0.25) is 5.91 Å². The van der Waals surface area contributed by atoms with Crippen LogP contribution in [0.25, 0.3) is 0 Å². The molecule has 0 aliphatic rings. The van der Waals surface area contributed by atoms with E-state index in [2.05, 4.69) is 35.5 Å². The van der Waals surface area contributed by atoms with Gasteiger partial charge >= 0.3 is 0 Å². The second kappa shape index (κ2) is 7.59. The van der Waals surface area contributed by atoms with Gasteiger partial charge in [-0.1, -0.05) is 60.2 Å². The van der Waals surface area contributed by atoms with Gasteiger partial charge in [0.1, 0.15) is 5.82 Å². The van der Waals surface area contributed by atoms with E-state index in [1.807, 2.05) is 47.1 Å². The van der Waals surface area contributed by atoms with Crippen molar-refractivity contribution in [3.63, 3.8) is 0 Å². The third kappa shape index (κ3) is 4.32. The number of hydrogen-bond donors (Lipinski definition) is 1. The van der Waals surface area contributed by atoms with E-state index < -0.39 is 0 Å². The van der Waals surface area contributed by atoms with Gasteiger partial charge in [0.15, 0.2) is 0 Å². The predicted molar refractivity (Wildman–Crippen MR) is 95.9 cm³/mol. The average Bonchev–Trinajstić information content (AvgIpc) is 3.01. The Kier molecular flexibility index (Phi) is 5.06. The smallest absolute Gasteiger partial charge is 0.225 e. The number of aryl methyl sites for hydroxylation is 2. The number of rotatable bonds is 6. The molecule has 1 amide bonds. The van der Waals surface area contributed by atoms with Crippen molar-refractivity contribution in [2.75, 3.05) is 5.32 Å². The third-order valence-electron chi connectivity index (χ3n) is 3.88. The molecule has 0 aliphatic carbocycles. The van der Waals surface area contributed by atoms with Gasteiger partial charge < -0.3 is 5.32 Å². The van der Waals surface area contributed by atoms with Crippen molar-refractivity contribution >= 4 is 11.7 Å². The minimum Gasteiger partial charge on any atom is -0.311 e. The summed E-state index contributed by atoms with van der Waals surface area (Å²) in [6, 6.07) is 20.2. The van der Waals surface area contributed by atoms with E-state index in [9.17, 15) is 4.79 Å². The fourth-order valence-corrected chi connectivity index (χ4v) is 2.66. The molecule has 0 unspecified atom stereocenters. The van der Waals surface area contributed by atoms with Crippen LogP contribution >= 0.6 is 0 Å². The van der Waals surface area contributed by atoms with Crippen LogP contribution in [-0.2, 0) is 17.8 Å². The Labute approximate surface area is 142 Å². The highest BCUT2D eigenvalue weighted by atomic mass is 16.1. The molecule has 3 rings (SSSR count). The number of aromatic nitrogens is 2. The number of benzene rings is 2. The number of anilines is 1. The highest BCUT2D eigenvalue weighted by molar-refractivity contribution is 5.89. The summed E-state index contributed by atoms with van der Waals surface area (Å²) in [6.07, 6.45) is 2.90. The van der Waals surface area contributed by atoms with Crippen LogP contribution in [0.3, 0.4) is 0 Å². The Balaban J connectivity index is 1.59. The molecule has 0 saturated carbocycles. The quantitative estimate of drug-likeness (QED) is 0.751. The van der Waals surface area contributed by atoms with Gasteiger partial charge in [-0.15, -0.1) is 0 Å². The van der Waals surface area contributed by atoms with Gasteiger partial charge in [-0.05, 0) is 24.5 Å². The van der Waals surface area contributed by atoms with E-state index in [1.54, 1.807) is 6.20 Å². The molecular formula is C20H21N3O. The first-order valence-corrected chi connectivity index (χ1v) is 8.12. The van der Waals surface area contributed by atoms with E-state index in [1.165, 1.54) is 16.7 Å². The van der Waals surface area contributed by atoms with Gasteiger partial charge in [-0.2, -0.15) is 5.10 Å². The highest BCUT2D eigenvalue weighted by Gasteiger charge is 2.08. The molecule has 4 heteroatoms. The standard InChI is InChI=1S/C20H21N3O/c1-16-6-5-9-18(14-16)15-23-19(12-13-21-23)22-20(24)11-10-17-7-3-2-4-8-17/h2-9,12-14H,10-11,15H2,1H3,(H,22,24). The summed E-state index contributed by atoms with van der Waals surface area (Å²) in [4.78, 5) is 12.2. The van der Waals surface area contributed by atoms with Crippen molar-refractivity contribution in [1.82, 2.24) is 9.78 Å². The summed E-state index contributed by atoms with van der Waals surface area (Å²) >= 11 is 0. The number of hydrogen-bond acceptors (Lipinski definition) is 2. The zero-order valence-electron chi connectivity index (χ0n) is 13.8. The van der Waals surface area contributed by atoms with Crippen LogP contribution in [0.1, 0.15) is 23.1 Å². The second-order valence-corrected chi connectivity index (χ2v) is 5.90. The van der Waals surface area contributed by atoms with Gasteiger partial charge in [0.25, 0.3) is 0 Å². The molecule has 0 atom stereocenters. The summed E-state index contributed by atoms with van der Waals surface area (Å²) in [5.41, 5.74) is 3.55. The number of nitrogens with one attached hydrogen (secondary N) is 1. The SMILES string of the molecule is Cc1cccc(Cn2nccc2NC(=O)CCc2ccccc2)c1. The molecular weight excluding hydrogens is 298 g/mol. The van der Waals surface area contributed by atoms with Gasteiger partial charge in [-0.3, -0.25) is 4.79 Å². The molecule has 0 spiro atoms. The Bertz CT molecular complexity index is 809.